The maximum absolute atomic E-state index is 12.1. The highest BCUT2D eigenvalue weighted by Gasteiger charge is 2.28. The molecule has 1 aromatic carbocycles. The molecule has 2 rings (SSSR count). The molecule has 0 fully saturated rings. The van der Waals surface area contributed by atoms with E-state index in [1.807, 2.05) is 0 Å². The minimum Gasteiger partial charge on any atom is -0.484 e. The van der Waals surface area contributed by atoms with E-state index in [2.05, 4.69) is 14.7 Å². The Morgan fingerprint density at radius 2 is 1.80 bits per heavy atom. The lowest BCUT2D eigenvalue weighted by Gasteiger charge is -2.11. The normalized spacial score (nSPS) is 11.4. The first kappa shape index (κ1) is 19.2. The number of carbonyl (C=O) groups is 1. The minimum atomic E-state index is -4.36. The summed E-state index contributed by atoms with van der Waals surface area (Å²) >= 11 is 1.39. The van der Waals surface area contributed by atoms with E-state index >= 15 is 0 Å². The molecule has 134 valence electrons. The van der Waals surface area contributed by atoms with Crippen LogP contribution in [0.3, 0.4) is 0 Å². The number of aromatic nitrogens is 2. The Bertz CT molecular complexity index is 762. The minimum absolute atomic E-state index is 0.101. The molecule has 0 saturated carbocycles. The third kappa shape index (κ3) is 5.74. The molecule has 0 aliphatic carbocycles. The first-order valence-electron chi connectivity index (χ1n) is 7.43. The fraction of sp³-hybridized carbons (Fsp3) is 0.353. The zero-order valence-electron chi connectivity index (χ0n) is 14.0. The number of rotatable bonds is 6. The number of ketones is 1. The summed E-state index contributed by atoms with van der Waals surface area (Å²) in [6, 6.07) is 6.36. The molecule has 1 aromatic heterocycles. The van der Waals surface area contributed by atoms with Crippen LogP contribution in [-0.4, -0.2) is 28.5 Å². The van der Waals surface area contributed by atoms with E-state index in [9.17, 15) is 18.0 Å². The van der Waals surface area contributed by atoms with Gasteiger partial charge in [0.2, 0.25) is 0 Å². The molecule has 2 aromatic rings. The second kappa shape index (κ2) is 7.86. The second-order valence-corrected chi connectivity index (χ2v) is 6.39. The van der Waals surface area contributed by atoms with Crippen LogP contribution >= 0.6 is 11.8 Å². The van der Waals surface area contributed by atoms with Crippen LogP contribution in [0.1, 0.15) is 34.4 Å². The summed E-state index contributed by atoms with van der Waals surface area (Å²) in [5, 5.41) is 0.606. The number of hydrogen-bond donors (Lipinski definition) is 0. The van der Waals surface area contributed by atoms with Crippen molar-refractivity contribution in [1.29, 1.82) is 0 Å². The highest BCUT2D eigenvalue weighted by atomic mass is 32.2. The molecule has 0 aliphatic heterocycles. The van der Waals surface area contributed by atoms with E-state index in [0.717, 1.165) is 5.56 Å². The molecule has 8 heteroatoms. The number of hydrogen-bond acceptors (Lipinski definition) is 5. The average molecular weight is 370 g/mol. The molecule has 0 bridgehead atoms. The monoisotopic (exact) mass is 370 g/mol. The van der Waals surface area contributed by atoms with Gasteiger partial charge in [-0.15, -0.1) is 11.8 Å². The van der Waals surface area contributed by atoms with E-state index in [-0.39, 0.29) is 11.5 Å². The van der Waals surface area contributed by atoms with Crippen LogP contribution in [0.5, 0.6) is 5.75 Å². The van der Waals surface area contributed by atoms with E-state index in [0.29, 0.717) is 27.9 Å². The van der Waals surface area contributed by atoms with Crippen molar-refractivity contribution < 1.29 is 22.7 Å². The summed E-state index contributed by atoms with van der Waals surface area (Å²) in [6.45, 7) is 3.68. The summed E-state index contributed by atoms with van der Waals surface area (Å²) in [6.07, 6.45) is -4.36. The lowest BCUT2D eigenvalue weighted by atomic mass is 10.2. The van der Waals surface area contributed by atoms with Crippen molar-refractivity contribution in [3.63, 3.8) is 0 Å². The quantitative estimate of drug-likeness (QED) is 0.425. The van der Waals surface area contributed by atoms with Crippen molar-refractivity contribution in [3.8, 4) is 5.75 Å². The predicted molar refractivity (Wildman–Crippen MR) is 89.1 cm³/mol. The number of alkyl halides is 3. The van der Waals surface area contributed by atoms with Gasteiger partial charge >= 0.3 is 6.18 Å². The van der Waals surface area contributed by atoms with Gasteiger partial charge in [0, 0.05) is 5.75 Å². The number of nitrogens with zero attached hydrogens (tertiary/aromatic N) is 2. The molecular formula is C17H17F3N2O2S. The van der Waals surface area contributed by atoms with E-state index < -0.39 is 12.8 Å². The number of aryl methyl sites for hydroxylation is 2. The Hall–Kier alpha value is -2.09. The van der Waals surface area contributed by atoms with Gasteiger partial charge in [0.05, 0.1) is 11.3 Å². The molecule has 0 radical (unpaired) electrons. The van der Waals surface area contributed by atoms with Crippen molar-refractivity contribution in [2.24, 2.45) is 0 Å². The zero-order valence-corrected chi connectivity index (χ0v) is 14.8. The number of thioether (sulfide) groups is 1. The molecule has 0 N–H and O–H groups in total. The first-order valence-corrected chi connectivity index (χ1v) is 8.42. The van der Waals surface area contributed by atoms with Gasteiger partial charge in [-0.2, -0.15) is 13.2 Å². The first-order chi connectivity index (χ1) is 11.7. The lowest BCUT2D eigenvalue weighted by Crippen LogP contribution is -2.19. The molecule has 25 heavy (non-hydrogen) atoms. The largest absolute Gasteiger partial charge is 0.484 e. The Balaban J connectivity index is 2.06. The van der Waals surface area contributed by atoms with Gasteiger partial charge in [0.25, 0.3) is 0 Å². The molecule has 0 spiro atoms. The molecule has 0 atom stereocenters. The van der Waals surface area contributed by atoms with Crippen molar-refractivity contribution >= 4 is 17.5 Å². The lowest BCUT2D eigenvalue weighted by molar-refractivity contribution is -0.153. The fourth-order valence-electron chi connectivity index (χ4n) is 2.19. The maximum Gasteiger partial charge on any atom is 0.422 e. The summed E-state index contributed by atoms with van der Waals surface area (Å²) in [5.74, 6) is 1.16. The van der Waals surface area contributed by atoms with E-state index in [1.54, 1.807) is 26.0 Å². The van der Waals surface area contributed by atoms with Crippen LogP contribution < -0.4 is 4.74 Å². The Labute approximate surface area is 147 Å². The Kier molecular flexibility index (Phi) is 6.05. The summed E-state index contributed by atoms with van der Waals surface area (Å²) in [5.41, 5.74) is 2.02. The third-order valence-electron chi connectivity index (χ3n) is 3.22. The number of Topliss-reactive ketones (excluding diaryl/α,β-unsaturated/α-hetero) is 1. The molecule has 0 amide bonds. The van der Waals surface area contributed by atoms with Crippen molar-refractivity contribution in [1.82, 2.24) is 9.97 Å². The van der Waals surface area contributed by atoms with Crippen molar-refractivity contribution in [2.75, 3.05) is 6.61 Å². The summed E-state index contributed by atoms with van der Waals surface area (Å²) in [7, 11) is 0. The van der Waals surface area contributed by atoms with Gasteiger partial charge < -0.3 is 4.74 Å². The molecule has 1 heterocycles. The van der Waals surface area contributed by atoms with Gasteiger partial charge in [-0.25, -0.2) is 9.97 Å². The number of carbonyl (C=O) groups excluding carboxylic acids is 1. The third-order valence-corrected chi connectivity index (χ3v) is 4.27. The van der Waals surface area contributed by atoms with Crippen LogP contribution in [0.2, 0.25) is 0 Å². The van der Waals surface area contributed by atoms with Crippen LogP contribution in [0.25, 0.3) is 0 Å². The maximum atomic E-state index is 12.1. The van der Waals surface area contributed by atoms with Crippen LogP contribution in [-0.2, 0) is 5.75 Å². The topological polar surface area (TPSA) is 52.1 Å². The number of ether oxygens (including phenoxy) is 1. The van der Waals surface area contributed by atoms with Crippen LogP contribution in [0.4, 0.5) is 13.2 Å². The van der Waals surface area contributed by atoms with Gasteiger partial charge in [-0.05, 0) is 38.5 Å². The van der Waals surface area contributed by atoms with Crippen LogP contribution in [0, 0.1) is 13.8 Å². The molecule has 0 unspecified atom stereocenters. The van der Waals surface area contributed by atoms with E-state index in [1.165, 1.54) is 30.8 Å². The van der Waals surface area contributed by atoms with Gasteiger partial charge in [-0.3, -0.25) is 4.79 Å². The zero-order chi connectivity index (χ0) is 18.6. The smallest absolute Gasteiger partial charge is 0.422 e. The van der Waals surface area contributed by atoms with Gasteiger partial charge in [-0.1, -0.05) is 12.1 Å². The molecular weight excluding hydrogens is 353 g/mol. The second-order valence-electron chi connectivity index (χ2n) is 5.43. The van der Waals surface area contributed by atoms with Crippen molar-refractivity contribution in [3.05, 3.63) is 46.9 Å². The fourth-order valence-corrected chi connectivity index (χ4v) is 3.32. The van der Waals surface area contributed by atoms with E-state index in [4.69, 9.17) is 0 Å². The standard InChI is InChI=1S/C17H17F3N2O2S/c1-10-15(11(2)23)16(22-12(3)21-10)25-8-13-4-6-14(7-5-13)24-9-17(18,19)20/h4-7H,8-9H2,1-3H3. The highest BCUT2D eigenvalue weighted by Crippen LogP contribution is 2.27. The van der Waals surface area contributed by atoms with Gasteiger partial charge in [0.1, 0.15) is 16.6 Å². The van der Waals surface area contributed by atoms with Gasteiger partial charge in [0.15, 0.2) is 12.4 Å². The molecule has 0 saturated heterocycles. The Morgan fingerprint density at radius 3 is 2.36 bits per heavy atom. The van der Waals surface area contributed by atoms with Crippen molar-refractivity contribution in [2.45, 2.75) is 37.7 Å². The number of halogens is 3. The Morgan fingerprint density at radius 1 is 1.16 bits per heavy atom. The highest BCUT2D eigenvalue weighted by molar-refractivity contribution is 7.98. The summed E-state index contributed by atoms with van der Waals surface area (Å²) in [4.78, 5) is 20.3. The molecule has 0 aliphatic rings. The average Bonchev–Trinajstić information content (AvgIpc) is 2.50. The SMILES string of the molecule is CC(=O)c1c(C)nc(C)nc1SCc1ccc(OCC(F)(F)F)cc1. The van der Waals surface area contributed by atoms with Crippen LogP contribution in [0.15, 0.2) is 29.3 Å². The molecule has 4 nitrogen and oxygen atoms in total. The number of benzene rings is 1. The predicted octanol–water partition coefficient (Wildman–Crippen LogP) is 4.53. The summed E-state index contributed by atoms with van der Waals surface area (Å²) < 4.78 is 41.1.